The highest BCUT2D eigenvalue weighted by molar-refractivity contribution is 5.24. The molecule has 3 heterocycles. The maximum Gasteiger partial charge on any atom is 0.123 e. The van der Waals surface area contributed by atoms with Gasteiger partial charge in [-0.25, -0.2) is 4.39 Å². The number of pyridine rings is 1. The van der Waals surface area contributed by atoms with Crippen LogP contribution in [0.25, 0.3) is 0 Å². The Hall–Kier alpha value is -2.53. The summed E-state index contributed by atoms with van der Waals surface area (Å²) in [6.45, 7) is 3.08. The van der Waals surface area contributed by atoms with Gasteiger partial charge < -0.3 is 0 Å². The molecule has 2 aromatic heterocycles. The van der Waals surface area contributed by atoms with Gasteiger partial charge in [-0.05, 0) is 49.2 Å². The summed E-state index contributed by atoms with van der Waals surface area (Å²) in [5.74, 6) is 0.254. The van der Waals surface area contributed by atoms with Gasteiger partial charge in [-0.3, -0.25) is 14.6 Å². The van der Waals surface area contributed by atoms with Gasteiger partial charge in [0.05, 0.1) is 6.20 Å². The van der Waals surface area contributed by atoms with E-state index in [-0.39, 0.29) is 5.82 Å². The lowest BCUT2D eigenvalue weighted by Crippen LogP contribution is -2.34. The molecule has 0 bridgehead atoms. The van der Waals surface area contributed by atoms with E-state index in [0.717, 1.165) is 36.6 Å². The first kappa shape index (κ1) is 17.9. The van der Waals surface area contributed by atoms with Crippen molar-refractivity contribution >= 4 is 0 Å². The Labute approximate surface area is 159 Å². The molecule has 5 heteroatoms. The fourth-order valence-electron chi connectivity index (χ4n) is 3.93. The van der Waals surface area contributed by atoms with Crippen molar-refractivity contribution in [1.82, 2.24) is 19.7 Å². The highest BCUT2D eigenvalue weighted by Gasteiger charge is 2.23. The van der Waals surface area contributed by atoms with Gasteiger partial charge in [0.1, 0.15) is 5.82 Å². The van der Waals surface area contributed by atoms with E-state index in [1.165, 1.54) is 24.5 Å². The Morgan fingerprint density at radius 1 is 1.15 bits per heavy atom. The highest BCUT2D eigenvalue weighted by atomic mass is 19.1. The van der Waals surface area contributed by atoms with Gasteiger partial charge in [0.25, 0.3) is 0 Å². The minimum atomic E-state index is -0.193. The Morgan fingerprint density at radius 2 is 2.04 bits per heavy atom. The van der Waals surface area contributed by atoms with Crippen LogP contribution in [0.3, 0.4) is 0 Å². The van der Waals surface area contributed by atoms with Crippen molar-refractivity contribution in [1.29, 1.82) is 0 Å². The number of piperidine rings is 1. The molecule has 0 spiro atoms. The lowest BCUT2D eigenvalue weighted by Gasteiger charge is -2.32. The standard InChI is InChI=1S/C22H25FN4/c1-26-14-18(13-24-26)15-27-10-4-6-19(16-27)22-9-3-8-21(25-22)12-17-5-2-7-20(23)11-17/h2-3,5,7-9,11,13-14,19H,4,6,10,12,15-16H2,1H3/t19-/m0/s1. The number of nitrogens with zero attached hydrogens (tertiary/aromatic N) is 4. The lowest BCUT2D eigenvalue weighted by atomic mass is 9.93. The normalized spacial score (nSPS) is 17.9. The van der Waals surface area contributed by atoms with Crippen LogP contribution in [-0.4, -0.2) is 32.8 Å². The lowest BCUT2D eigenvalue weighted by molar-refractivity contribution is 0.198. The van der Waals surface area contributed by atoms with Crippen molar-refractivity contribution < 1.29 is 4.39 Å². The average molecular weight is 364 g/mol. The van der Waals surface area contributed by atoms with Crippen molar-refractivity contribution in [3.63, 3.8) is 0 Å². The molecule has 1 aromatic carbocycles. The molecule has 0 N–H and O–H groups in total. The fourth-order valence-corrected chi connectivity index (χ4v) is 3.93. The summed E-state index contributed by atoms with van der Waals surface area (Å²) < 4.78 is 15.3. The second kappa shape index (κ2) is 8.01. The van der Waals surface area contributed by atoms with Gasteiger partial charge >= 0.3 is 0 Å². The number of hydrogen-bond donors (Lipinski definition) is 0. The van der Waals surface area contributed by atoms with E-state index >= 15 is 0 Å². The van der Waals surface area contributed by atoms with Crippen LogP contribution in [0.1, 0.15) is 41.3 Å². The molecule has 1 aliphatic heterocycles. The van der Waals surface area contributed by atoms with Gasteiger partial charge in [-0.2, -0.15) is 5.10 Å². The number of aromatic nitrogens is 3. The van der Waals surface area contributed by atoms with E-state index in [1.807, 2.05) is 30.1 Å². The first-order chi connectivity index (χ1) is 13.2. The molecule has 27 heavy (non-hydrogen) atoms. The minimum absolute atomic E-state index is 0.193. The zero-order valence-corrected chi connectivity index (χ0v) is 15.7. The SMILES string of the molecule is Cn1cc(CN2CCC[C@H](c3cccc(Cc4cccc(F)c4)n3)C2)cn1. The molecule has 3 aromatic rings. The maximum atomic E-state index is 13.4. The monoisotopic (exact) mass is 364 g/mol. The van der Waals surface area contributed by atoms with Gasteiger partial charge in [-0.15, -0.1) is 0 Å². The summed E-state index contributed by atoms with van der Waals surface area (Å²) in [5.41, 5.74) is 4.37. The number of halogens is 1. The van der Waals surface area contributed by atoms with Gasteiger partial charge in [0, 0.05) is 55.6 Å². The predicted octanol–water partition coefficient (Wildman–Crippen LogP) is 3.92. The van der Waals surface area contributed by atoms with Crippen LogP contribution in [0.15, 0.2) is 54.9 Å². The highest BCUT2D eigenvalue weighted by Crippen LogP contribution is 2.27. The van der Waals surface area contributed by atoms with Crippen molar-refractivity contribution in [2.75, 3.05) is 13.1 Å². The third kappa shape index (κ3) is 4.61. The van der Waals surface area contributed by atoms with Gasteiger partial charge in [0.15, 0.2) is 0 Å². The maximum absolute atomic E-state index is 13.4. The number of hydrogen-bond acceptors (Lipinski definition) is 3. The topological polar surface area (TPSA) is 34.0 Å². The molecule has 1 fully saturated rings. The second-order valence-electron chi connectivity index (χ2n) is 7.46. The van der Waals surface area contributed by atoms with Crippen molar-refractivity contribution in [3.05, 3.63) is 83.2 Å². The van der Waals surface area contributed by atoms with Gasteiger partial charge in [0.2, 0.25) is 0 Å². The molecular formula is C22H25FN4. The smallest absolute Gasteiger partial charge is 0.123 e. The molecule has 1 saturated heterocycles. The van der Waals surface area contributed by atoms with Crippen LogP contribution in [0.5, 0.6) is 0 Å². The van der Waals surface area contributed by atoms with E-state index in [1.54, 1.807) is 12.1 Å². The molecule has 140 valence electrons. The van der Waals surface area contributed by atoms with Crippen molar-refractivity contribution in [2.45, 2.75) is 31.7 Å². The fraction of sp³-hybridized carbons (Fsp3) is 0.364. The number of likely N-dealkylation sites (tertiary alicyclic amines) is 1. The molecule has 0 amide bonds. The third-order valence-corrected chi connectivity index (χ3v) is 5.19. The Bertz CT molecular complexity index is 905. The largest absolute Gasteiger partial charge is 0.298 e. The van der Waals surface area contributed by atoms with Crippen LogP contribution in [0, 0.1) is 5.82 Å². The molecule has 4 rings (SSSR count). The van der Waals surface area contributed by atoms with Crippen LogP contribution < -0.4 is 0 Å². The van der Waals surface area contributed by atoms with E-state index in [9.17, 15) is 4.39 Å². The summed E-state index contributed by atoms with van der Waals surface area (Å²) in [7, 11) is 1.95. The van der Waals surface area contributed by atoms with Crippen LogP contribution in [0.2, 0.25) is 0 Å². The van der Waals surface area contributed by atoms with Crippen LogP contribution in [0.4, 0.5) is 4.39 Å². The van der Waals surface area contributed by atoms with Gasteiger partial charge in [-0.1, -0.05) is 18.2 Å². The molecule has 0 unspecified atom stereocenters. The van der Waals surface area contributed by atoms with E-state index in [2.05, 4.69) is 28.3 Å². The summed E-state index contributed by atoms with van der Waals surface area (Å²) in [5, 5.41) is 4.27. The molecule has 4 nitrogen and oxygen atoms in total. The first-order valence-corrected chi connectivity index (χ1v) is 9.56. The molecule has 1 atom stereocenters. The van der Waals surface area contributed by atoms with Crippen LogP contribution >= 0.6 is 0 Å². The molecule has 0 radical (unpaired) electrons. The Morgan fingerprint density at radius 3 is 2.85 bits per heavy atom. The molecule has 1 aliphatic rings. The zero-order chi connectivity index (χ0) is 18.6. The van der Waals surface area contributed by atoms with Crippen molar-refractivity contribution in [3.8, 4) is 0 Å². The Balaban J connectivity index is 1.44. The second-order valence-corrected chi connectivity index (χ2v) is 7.46. The van der Waals surface area contributed by atoms with E-state index < -0.39 is 0 Å². The van der Waals surface area contributed by atoms with Crippen LogP contribution in [-0.2, 0) is 20.0 Å². The number of rotatable bonds is 5. The predicted molar refractivity (Wildman–Crippen MR) is 104 cm³/mol. The minimum Gasteiger partial charge on any atom is -0.298 e. The van der Waals surface area contributed by atoms with Crippen molar-refractivity contribution in [2.24, 2.45) is 7.05 Å². The zero-order valence-electron chi connectivity index (χ0n) is 15.7. The summed E-state index contributed by atoms with van der Waals surface area (Å²) >= 11 is 0. The summed E-state index contributed by atoms with van der Waals surface area (Å²) in [6.07, 6.45) is 7.04. The summed E-state index contributed by atoms with van der Waals surface area (Å²) in [6, 6.07) is 13.0. The molecular weight excluding hydrogens is 339 g/mol. The first-order valence-electron chi connectivity index (χ1n) is 9.56. The quantitative estimate of drug-likeness (QED) is 0.688. The average Bonchev–Trinajstić information content (AvgIpc) is 3.07. The Kier molecular flexibility index (Phi) is 5.30. The summed E-state index contributed by atoms with van der Waals surface area (Å²) in [4.78, 5) is 7.39. The third-order valence-electron chi connectivity index (χ3n) is 5.19. The number of aryl methyl sites for hydroxylation is 1. The molecule has 0 saturated carbocycles. The van der Waals surface area contributed by atoms with E-state index in [4.69, 9.17) is 4.98 Å². The number of benzene rings is 1. The van der Waals surface area contributed by atoms with E-state index in [0.29, 0.717) is 12.3 Å². The molecule has 0 aliphatic carbocycles.